The van der Waals surface area contributed by atoms with Gasteiger partial charge in [-0.2, -0.15) is 0 Å². The number of fused-ring (bicyclic) bond motifs is 1. The fraction of sp³-hybridized carbons (Fsp3) is 0. The minimum atomic E-state index is 0.436. The Morgan fingerprint density at radius 3 is 2.88 bits per heavy atom. The number of thiophene rings is 1. The third-order valence-electron chi connectivity index (χ3n) is 2.29. The number of halogens is 2. The molecule has 0 radical (unpaired) electrons. The van der Waals surface area contributed by atoms with Crippen molar-refractivity contribution in [1.82, 2.24) is 15.0 Å². The molecule has 1 N–H and O–H groups in total. The topological polar surface area (TPSA) is 41.6 Å². The normalized spacial score (nSPS) is 11.1. The van der Waals surface area contributed by atoms with E-state index in [9.17, 15) is 0 Å². The van der Waals surface area contributed by atoms with Gasteiger partial charge in [-0.25, -0.2) is 9.97 Å². The van der Waals surface area contributed by atoms with Gasteiger partial charge in [0, 0.05) is 11.8 Å². The van der Waals surface area contributed by atoms with E-state index in [-0.39, 0.29) is 0 Å². The van der Waals surface area contributed by atoms with Gasteiger partial charge < -0.3 is 4.98 Å². The quantitative estimate of drug-likeness (QED) is 0.679. The number of aromatic nitrogens is 3. The van der Waals surface area contributed by atoms with Crippen molar-refractivity contribution in [2.24, 2.45) is 0 Å². The lowest BCUT2D eigenvalue weighted by Crippen LogP contribution is -1.81. The van der Waals surface area contributed by atoms with E-state index in [1.165, 1.54) is 6.33 Å². The van der Waals surface area contributed by atoms with Crippen molar-refractivity contribution in [2.75, 3.05) is 0 Å². The van der Waals surface area contributed by atoms with Crippen LogP contribution in [0.15, 0.2) is 24.0 Å². The second kappa shape index (κ2) is 3.73. The molecule has 6 heteroatoms. The molecular weight excluding hydrogens is 265 g/mol. The Hall–Kier alpha value is -1.10. The van der Waals surface area contributed by atoms with Gasteiger partial charge in [-0.1, -0.05) is 23.2 Å². The zero-order chi connectivity index (χ0) is 11.1. The predicted octanol–water partition coefficient (Wildman–Crippen LogP) is 3.99. The summed E-state index contributed by atoms with van der Waals surface area (Å²) in [6.45, 7) is 0. The van der Waals surface area contributed by atoms with Gasteiger partial charge in [0.25, 0.3) is 0 Å². The smallest absolute Gasteiger partial charge is 0.142 e. The Labute approximate surface area is 105 Å². The fourth-order valence-corrected chi connectivity index (χ4v) is 3.01. The third-order valence-corrected chi connectivity index (χ3v) is 3.95. The van der Waals surface area contributed by atoms with E-state index in [0.29, 0.717) is 10.2 Å². The van der Waals surface area contributed by atoms with E-state index < -0.39 is 0 Å². The number of H-pyrrole nitrogens is 1. The first kappa shape index (κ1) is 10.1. The van der Waals surface area contributed by atoms with Gasteiger partial charge >= 0.3 is 0 Å². The molecule has 0 fully saturated rings. The van der Waals surface area contributed by atoms with Crippen LogP contribution in [0.1, 0.15) is 0 Å². The monoisotopic (exact) mass is 269 g/mol. The van der Waals surface area contributed by atoms with Gasteiger partial charge in [-0.15, -0.1) is 11.3 Å². The van der Waals surface area contributed by atoms with E-state index in [0.717, 1.165) is 21.5 Å². The predicted molar refractivity (Wildman–Crippen MR) is 67.2 cm³/mol. The first-order valence-corrected chi connectivity index (χ1v) is 6.12. The molecule has 0 aliphatic carbocycles. The molecular formula is C10H5Cl2N3S. The van der Waals surface area contributed by atoms with Crippen LogP contribution < -0.4 is 0 Å². The average molecular weight is 270 g/mol. The maximum Gasteiger partial charge on any atom is 0.142 e. The van der Waals surface area contributed by atoms with E-state index in [1.807, 2.05) is 17.6 Å². The minimum absolute atomic E-state index is 0.436. The Morgan fingerprint density at radius 2 is 2.12 bits per heavy atom. The van der Waals surface area contributed by atoms with Crippen LogP contribution in [0.2, 0.25) is 10.2 Å². The molecule has 80 valence electrons. The van der Waals surface area contributed by atoms with E-state index in [2.05, 4.69) is 15.0 Å². The van der Waals surface area contributed by atoms with Gasteiger partial charge in [0.15, 0.2) is 0 Å². The number of hydrogen-bond donors (Lipinski definition) is 1. The van der Waals surface area contributed by atoms with E-state index in [1.54, 1.807) is 11.3 Å². The molecule has 0 spiro atoms. The summed E-state index contributed by atoms with van der Waals surface area (Å²) in [5, 5.41) is 3.90. The number of nitrogens with one attached hydrogen (secondary N) is 1. The summed E-state index contributed by atoms with van der Waals surface area (Å²) < 4.78 is 0. The molecule has 0 amide bonds. The van der Waals surface area contributed by atoms with Gasteiger partial charge in [-0.05, 0) is 11.4 Å². The van der Waals surface area contributed by atoms with Gasteiger partial charge in [-0.3, -0.25) is 0 Å². The standard InChI is InChI=1S/C10H5Cl2N3S/c11-6-1-2-16-8(6)5-3-13-10-7(5)9(12)14-4-15-10/h1-4H,(H,13,14,15). The number of hydrogen-bond acceptors (Lipinski definition) is 3. The zero-order valence-electron chi connectivity index (χ0n) is 7.87. The maximum atomic E-state index is 6.10. The van der Waals surface area contributed by atoms with Crippen molar-refractivity contribution in [3.05, 3.63) is 34.1 Å². The highest BCUT2D eigenvalue weighted by atomic mass is 35.5. The maximum absolute atomic E-state index is 6.10. The molecule has 3 aromatic heterocycles. The summed E-state index contributed by atoms with van der Waals surface area (Å²) in [7, 11) is 0. The molecule has 0 saturated carbocycles. The van der Waals surface area contributed by atoms with Crippen molar-refractivity contribution in [2.45, 2.75) is 0 Å². The molecule has 0 saturated heterocycles. The Kier molecular flexibility index (Phi) is 2.35. The van der Waals surface area contributed by atoms with Crippen LogP contribution in [-0.2, 0) is 0 Å². The molecule has 16 heavy (non-hydrogen) atoms. The summed E-state index contributed by atoms with van der Waals surface area (Å²) in [5.41, 5.74) is 1.67. The summed E-state index contributed by atoms with van der Waals surface area (Å²) in [6, 6.07) is 1.86. The van der Waals surface area contributed by atoms with Crippen molar-refractivity contribution >= 4 is 45.6 Å². The lowest BCUT2D eigenvalue weighted by atomic mass is 10.2. The summed E-state index contributed by atoms with van der Waals surface area (Å²) in [5.74, 6) is 0. The average Bonchev–Trinajstić information content (AvgIpc) is 2.84. The molecule has 3 aromatic rings. The van der Waals surface area contributed by atoms with Gasteiger partial charge in [0.1, 0.15) is 17.1 Å². The van der Waals surface area contributed by atoms with Gasteiger partial charge in [0.2, 0.25) is 0 Å². The molecule has 0 unspecified atom stereocenters. The summed E-state index contributed by atoms with van der Waals surface area (Å²) >= 11 is 13.7. The van der Waals surface area contributed by atoms with Crippen molar-refractivity contribution < 1.29 is 0 Å². The van der Waals surface area contributed by atoms with Crippen LogP contribution >= 0.6 is 34.5 Å². The van der Waals surface area contributed by atoms with Crippen LogP contribution in [-0.4, -0.2) is 15.0 Å². The first-order valence-electron chi connectivity index (χ1n) is 4.48. The lowest BCUT2D eigenvalue weighted by Gasteiger charge is -1.97. The van der Waals surface area contributed by atoms with E-state index >= 15 is 0 Å². The van der Waals surface area contributed by atoms with Crippen molar-refractivity contribution in [1.29, 1.82) is 0 Å². The van der Waals surface area contributed by atoms with E-state index in [4.69, 9.17) is 23.2 Å². The first-order chi connectivity index (χ1) is 7.77. The number of rotatable bonds is 1. The highest BCUT2D eigenvalue weighted by Gasteiger charge is 2.14. The van der Waals surface area contributed by atoms with Crippen LogP contribution in [0.5, 0.6) is 0 Å². The second-order valence-corrected chi connectivity index (χ2v) is 4.87. The highest BCUT2D eigenvalue weighted by molar-refractivity contribution is 7.14. The Morgan fingerprint density at radius 1 is 1.25 bits per heavy atom. The molecule has 0 bridgehead atoms. The lowest BCUT2D eigenvalue weighted by molar-refractivity contribution is 1.20. The zero-order valence-corrected chi connectivity index (χ0v) is 10.2. The second-order valence-electron chi connectivity index (χ2n) is 3.19. The molecule has 3 rings (SSSR count). The summed E-state index contributed by atoms with van der Waals surface area (Å²) in [6.07, 6.45) is 3.28. The fourth-order valence-electron chi connectivity index (χ4n) is 1.59. The number of aromatic amines is 1. The Balaban J connectivity index is 2.37. The van der Waals surface area contributed by atoms with Gasteiger partial charge in [0.05, 0.1) is 15.3 Å². The SMILES string of the molecule is Clc1ccsc1-c1c[nH]c2ncnc(Cl)c12. The highest BCUT2D eigenvalue weighted by Crippen LogP contribution is 2.38. The molecule has 3 nitrogen and oxygen atoms in total. The molecule has 0 atom stereocenters. The third kappa shape index (κ3) is 1.42. The summed E-state index contributed by atoms with van der Waals surface area (Å²) in [4.78, 5) is 12.1. The van der Waals surface area contributed by atoms with Crippen LogP contribution in [0.4, 0.5) is 0 Å². The van der Waals surface area contributed by atoms with Crippen molar-refractivity contribution in [3.63, 3.8) is 0 Å². The van der Waals surface area contributed by atoms with Crippen molar-refractivity contribution in [3.8, 4) is 10.4 Å². The van der Waals surface area contributed by atoms with Crippen LogP contribution in [0.25, 0.3) is 21.5 Å². The Bertz CT molecular complexity index is 659. The van der Waals surface area contributed by atoms with Crippen LogP contribution in [0, 0.1) is 0 Å². The molecule has 3 heterocycles. The molecule has 0 aromatic carbocycles. The number of nitrogens with zero attached hydrogens (tertiary/aromatic N) is 2. The van der Waals surface area contributed by atoms with Crippen LogP contribution in [0.3, 0.4) is 0 Å². The minimum Gasteiger partial charge on any atom is -0.345 e. The largest absolute Gasteiger partial charge is 0.345 e. The molecule has 0 aliphatic rings. The molecule has 0 aliphatic heterocycles.